The second-order valence-electron chi connectivity index (χ2n) is 5.65. The lowest BCUT2D eigenvalue weighted by molar-refractivity contribution is 0.640. The summed E-state index contributed by atoms with van der Waals surface area (Å²) in [4.78, 5) is 1.33. The molecule has 3 rings (SSSR count). The van der Waals surface area contributed by atoms with Crippen molar-refractivity contribution in [2.75, 3.05) is 5.32 Å². The summed E-state index contributed by atoms with van der Waals surface area (Å²) in [5.74, 6) is 0.616. The molecule has 0 amide bonds. The Morgan fingerprint density at radius 2 is 1.90 bits per heavy atom. The number of benzene rings is 1. The predicted molar refractivity (Wildman–Crippen MR) is 92.3 cm³/mol. The lowest BCUT2D eigenvalue weighted by Gasteiger charge is -2.09. The largest absolute Gasteiger partial charge is 0.353 e. The minimum atomic E-state index is 0.252. The van der Waals surface area contributed by atoms with Crippen LogP contribution in [0.15, 0.2) is 30.3 Å². The Labute approximate surface area is 133 Å². The molecule has 1 atom stereocenters. The second-order valence-corrected chi connectivity index (χ2v) is 7.83. The van der Waals surface area contributed by atoms with Crippen LogP contribution in [-0.2, 0) is 6.42 Å². The van der Waals surface area contributed by atoms with Gasteiger partial charge in [0, 0.05) is 16.0 Å². The lowest BCUT2D eigenvalue weighted by atomic mass is 10.1. The Kier molecular flexibility index (Phi) is 4.22. The molecular formula is C16H19N3S2. The average molecular weight is 317 g/mol. The van der Waals surface area contributed by atoms with E-state index in [1.165, 1.54) is 15.0 Å². The van der Waals surface area contributed by atoms with Crippen molar-refractivity contribution >= 4 is 37.9 Å². The molecule has 1 aromatic carbocycles. The van der Waals surface area contributed by atoms with Gasteiger partial charge in [-0.2, -0.15) is 0 Å². The number of rotatable bonds is 5. The van der Waals surface area contributed by atoms with Crippen molar-refractivity contribution in [3.63, 3.8) is 0 Å². The van der Waals surface area contributed by atoms with Crippen LogP contribution in [0, 0.1) is 5.92 Å². The minimum absolute atomic E-state index is 0.252. The average Bonchev–Trinajstić information content (AvgIpc) is 3.04. The van der Waals surface area contributed by atoms with Crippen molar-refractivity contribution in [2.45, 2.75) is 33.2 Å². The molecule has 5 heteroatoms. The first-order valence-electron chi connectivity index (χ1n) is 7.19. The fraction of sp³-hybridized carbons (Fsp3) is 0.375. The minimum Gasteiger partial charge on any atom is -0.353 e. The normalized spacial score (nSPS) is 13.0. The SMILES string of the molecule is CC(C)Cc1nnc(NC(C)c2cc3ccccc3s2)s1. The highest BCUT2D eigenvalue weighted by molar-refractivity contribution is 7.19. The molecular weight excluding hydrogens is 298 g/mol. The van der Waals surface area contributed by atoms with E-state index >= 15 is 0 Å². The highest BCUT2D eigenvalue weighted by Crippen LogP contribution is 2.32. The number of hydrogen-bond acceptors (Lipinski definition) is 5. The van der Waals surface area contributed by atoms with Crippen LogP contribution in [-0.4, -0.2) is 10.2 Å². The summed E-state index contributed by atoms with van der Waals surface area (Å²) in [7, 11) is 0. The van der Waals surface area contributed by atoms with E-state index < -0.39 is 0 Å². The monoisotopic (exact) mass is 317 g/mol. The zero-order chi connectivity index (χ0) is 14.8. The maximum Gasteiger partial charge on any atom is 0.206 e. The van der Waals surface area contributed by atoms with E-state index in [0.717, 1.165) is 16.6 Å². The molecule has 110 valence electrons. The Morgan fingerprint density at radius 3 is 2.67 bits per heavy atom. The van der Waals surface area contributed by atoms with Crippen LogP contribution in [0.3, 0.4) is 0 Å². The summed E-state index contributed by atoms with van der Waals surface area (Å²) < 4.78 is 1.33. The number of nitrogens with one attached hydrogen (secondary N) is 1. The molecule has 0 fully saturated rings. The molecule has 21 heavy (non-hydrogen) atoms. The molecule has 3 aromatic rings. The van der Waals surface area contributed by atoms with Crippen molar-refractivity contribution in [1.82, 2.24) is 10.2 Å². The van der Waals surface area contributed by atoms with Crippen molar-refractivity contribution in [3.05, 3.63) is 40.2 Å². The van der Waals surface area contributed by atoms with Gasteiger partial charge in [-0.15, -0.1) is 21.5 Å². The third-order valence-corrected chi connectivity index (χ3v) is 5.44. The predicted octanol–water partition coefficient (Wildman–Crippen LogP) is 5.12. The summed E-state index contributed by atoms with van der Waals surface area (Å²) in [5, 5.41) is 15.3. The van der Waals surface area contributed by atoms with Gasteiger partial charge in [0.1, 0.15) is 5.01 Å². The van der Waals surface area contributed by atoms with E-state index in [-0.39, 0.29) is 6.04 Å². The van der Waals surface area contributed by atoms with Crippen LogP contribution in [0.5, 0.6) is 0 Å². The molecule has 0 aliphatic carbocycles. The first-order chi connectivity index (χ1) is 10.1. The molecule has 2 aromatic heterocycles. The first kappa shape index (κ1) is 14.5. The molecule has 1 N–H and O–H groups in total. The maximum atomic E-state index is 4.26. The number of anilines is 1. The van der Waals surface area contributed by atoms with Gasteiger partial charge in [0.2, 0.25) is 5.13 Å². The topological polar surface area (TPSA) is 37.8 Å². The van der Waals surface area contributed by atoms with Gasteiger partial charge in [0.05, 0.1) is 6.04 Å². The highest BCUT2D eigenvalue weighted by atomic mass is 32.1. The molecule has 3 nitrogen and oxygen atoms in total. The molecule has 0 bridgehead atoms. The van der Waals surface area contributed by atoms with Gasteiger partial charge in [-0.1, -0.05) is 43.4 Å². The molecule has 0 spiro atoms. The molecule has 0 radical (unpaired) electrons. The zero-order valence-corrected chi connectivity index (χ0v) is 14.1. The Bertz CT molecular complexity index is 697. The highest BCUT2D eigenvalue weighted by Gasteiger charge is 2.12. The summed E-state index contributed by atoms with van der Waals surface area (Å²) in [6, 6.07) is 11.0. The van der Waals surface area contributed by atoms with E-state index in [9.17, 15) is 0 Å². The van der Waals surface area contributed by atoms with Crippen LogP contribution in [0.4, 0.5) is 5.13 Å². The van der Waals surface area contributed by atoms with E-state index in [4.69, 9.17) is 0 Å². The van der Waals surface area contributed by atoms with Gasteiger partial charge in [0.25, 0.3) is 0 Å². The summed E-state index contributed by atoms with van der Waals surface area (Å²) in [5.41, 5.74) is 0. The van der Waals surface area contributed by atoms with E-state index in [1.807, 2.05) is 11.3 Å². The van der Waals surface area contributed by atoms with Crippen LogP contribution >= 0.6 is 22.7 Å². The fourth-order valence-electron chi connectivity index (χ4n) is 2.22. The molecule has 0 saturated heterocycles. The van der Waals surface area contributed by atoms with Gasteiger partial charge < -0.3 is 5.32 Å². The van der Waals surface area contributed by atoms with Crippen LogP contribution in [0.2, 0.25) is 0 Å². The van der Waals surface area contributed by atoms with Gasteiger partial charge in [-0.3, -0.25) is 0 Å². The lowest BCUT2D eigenvalue weighted by Crippen LogP contribution is -2.04. The van der Waals surface area contributed by atoms with Gasteiger partial charge >= 0.3 is 0 Å². The first-order valence-corrected chi connectivity index (χ1v) is 8.82. The van der Waals surface area contributed by atoms with E-state index in [0.29, 0.717) is 5.92 Å². The number of aromatic nitrogens is 2. The third kappa shape index (κ3) is 3.41. The Morgan fingerprint density at radius 1 is 1.10 bits per heavy atom. The maximum absolute atomic E-state index is 4.26. The summed E-state index contributed by atoms with van der Waals surface area (Å²) >= 11 is 3.50. The zero-order valence-electron chi connectivity index (χ0n) is 12.5. The molecule has 2 heterocycles. The van der Waals surface area contributed by atoms with Crippen molar-refractivity contribution in [3.8, 4) is 0 Å². The Balaban J connectivity index is 1.73. The smallest absolute Gasteiger partial charge is 0.206 e. The van der Waals surface area contributed by atoms with Gasteiger partial charge in [-0.05, 0) is 30.4 Å². The number of nitrogens with zero attached hydrogens (tertiary/aromatic N) is 2. The van der Waals surface area contributed by atoms with Crippen molar-refractivity contribution in [2.24, 2.45) is 5.92 Å². The van der Waals surface area contributed by atoms with Crippen LogP contribution in [0.1, 0.15) is 36.7 Å². The molecule has 1 unspecified atom stereocenters. The van der Waals surface area contributed by atoms with Crippen molar-refractivity contribution < 1.29 is 0 Å². The van der Waals surface area contributed by atoms with Crippen LogP contribution < -0.4 is 5.32 Å². The second kappa shape index (κ2) is 6.12. The third-order valence-electron chi connectivity index (χ3n) is 3.26. The fourth-order valence-corrected chi connectivity index (χ4v) is 4.32. The van der Waals surface area contributed by atoms with E-state index in [2.05, 4.69) is 66.6 Å². The summed E-state index contributed by atoms with van der Waals surface area (Å²) in [6.45, 7) is 6.58. The molecule has 0 aliphatic rings. The molecule has 0 saturated carbocycles. The number of fused-ring (bicyclic) bond motifs is 1. The standard InChI is InChI=1S/C16H19N3S2/c1-10(2)8-15-18-19-16(21-15)17-11(3)14-9-12-6-4-5-7-13(12)20-14/h4-7,9-11H,8H2,1-3H3,(H,17,19). The number of thiophene rings is 1. The van der Waals surface area contributed by atoms with Crippen LogP contribution in [0.25, 0.3) is 10.1 Å². The summed E-state index contributed by atoms with van der Waals surface area (Å²) in [6.07, 6.45) is 0.997. The molecule has 0 aliphatic heterocycles. The number of hydrogen-bond donors (Lipinski definition) is 1. The van der Waals surface area contributed by atoms with Gasteiger partial charge in [-0.25, -0.2) is 0 Å². The quantitative estimate of drug-likeness (QED) is 0.709. The van der Waals surface area contributed by atoms with Crippen molar-refractivity contribution in [1.29, 1.82) is 0 Å². The van der Waals surface area contributed by atoms with E-state index in [1.54, 1.807) is 11.3 Å². The van der Waals surface area contributed by atoms with Gasteiger partial charge in [0.15, 0.2) is 0 Å². The Hall–Kier alpha value is -1.46.